The van der Waals surface area contributed by atoms with E-state index in [2.05, 4.69) is 31.0 Å². The Bertz CT molecular complexity index is 246. The SMILES string of the molecule is CC(C)CCN(CC1NCCCC1C)C1CCCC1. The molecule has 2 fully saturated rings. The van der Waals surface area contributed by atoms with E-state index in [1.165, 1.54) is 64.6 Å². The van der Waals surface area contributed by atoms with Gasteiger partial charge in [0, 0.05) is 18.6 Å². The maximum atomic E-state index is 3.77. The normalized spacial score (nSPS) is 29.5. The van der Waals surface area contributed by atoms with Gasteiger partial charge in [-0.2, -0.15) is 0 Å². The number of hydrogen-bond acceptors (Lipinski definition) is 2. The van der Waals surface area contributed by atoms with Crippen LogP contribution in [0.1, 0.15) is 65.7 Å². The van der Waals surface area contributed by atoms with E-state index in [0.29, 0.717) is 0 Å². The van der Waals surface area contributed by atoms with Crippen molar-refractivity contribution >= 4 is 0 Å². The van der Waals surface area contributed by atoms with E-state index in [1.807, 2.05) is 0 Å². The molecular formula is C17H34N2. The van der Waals surface area contributed by atoms with Crippen LogP contribution in [0.5, 0.6) is 0 Å². The fraction of sp³-hybridized carbons (Fsp3) is 1.00. The zero-order valence-electron chi connectivity index (χ0n) is 13.3. The zero-order chi connectivity index (χ0) is 13.7. The minimum absolute atomic E-state index is 0.738. The highest BCUT2D eigenvalue weighted by Crippen LogP contribution is 2.26. The summed E-state index contributed by atoms with van der Waals surface area (Å²) in [6.07, 6.45) is 9.94. The molecule has 2 unspecified atom stereocenters. The number of hydrogen-bond donors (Lipinski definition) is 1. The average Bonchev–Trinajstić information content (AvgIpc) is 2.90. The third kappa shape index (κ3) is 4.75. The van der Waals surface area contributed by atoms with E-state index in [1.54, 1.807) is 0 Å². The van der Waals surface area contributed by atoms with Gasteiger partial charge in [0.1, 0.15) is 0 Å². The summed E-state index contributed by atoms with van der Waals surface area (Å²) in [7, 11) is 0. The fourth-order valence-electron chi connectivity index (χ4n) is 3.73. The van der Waals surface area contributed by atoms with Crippen molar-refractivity contribution in [2.24, 2.45) is 11.8 Å². The summed E-state index contributed by atoms with van der Waals surface area (Å²) >= 11 is 0. The number of nitrogens with zero attached hydrogens (tertiary/aromatic N) is 1. The molecule has 1 heterocycles. The van der Waals surface area contributed by atoms with Crippen LogP contribution in [0.25, 0.3) is 0 Å². The van der Waals surface area contributed by atoms with Gasteiger partial charge in [0.05, 0.1) is 0 Å². The Morgan fingerprint density at radius 3 is 2.47 bits per heavy atom. The molecule has 0 aromatic carbocycles. The summed E-state index contributed by atoms with van der Waals surface area (Å²) < 4.78 is 0. The molecular weight excluding hydrogens is 232 g/mol. The molecule has 2 rings (SSSR count). The number of nitrogens with one attached hydrogen (secondary N) is 1. The van der Waals surface area contributed by atoms with Crippen molar-refractivity contribution < 1.29 is 0 Å². The molecule has 0 aromatic heterocycles. The van der Waals surface area contributed by atoms with Crippen molar-refractivity contribution in [3.05, 3.63) is 0 Å². The summed E-state index contributed by atoms with van der Waals surface area (Å²) in [6.45, 7) is 11.0. The molecule has 2 aliphatic rings. The monoisotopic (exact) mass is 266 g/mol. The van der Waals surface area contributed by atoms with Gasteiger partial charge in [-0.3, -0.25) is 4.90 Å². The van der Waals surface area contributed by atoms with Crippen LogP contribution in [-0.2, 0) is 0 Å². The summed E-state index contributed by atoms with van der Waals surface area (Å²) in [5, 5.41) is 3.77. The Morgan fingerprint density at radius 1 is 1.11 bits per heavy atom. The maximum absolute atomic E-state index is 3.77. The first kappa shape index (κ1) is 15.3. The van der Waals surface area contributed by atoms with Gasteiger partial charge in [-0.1, -0.05) is 33.6 Å². The Labute approximate surface area is 120 Å². The Hall–Kier alpha value is -0.0800. The molecule has 1 aliphatic heterocycles. The van der Waals surface area contributed by atoms with Gasteiger partial charge in [-0.25, -0.2) is 0 Å². The van der Waals surface area contributed by atoms with E-state index < -0.39 is 0 Å². The molecule has 2 atom stereocenters. The minimum Gasteiger partial charge on any atom is -0.312 e. The first-order valence-corrected chi connectivity index (χ1v) is 8.64. The zero-order valence-corrected chi connectivity index (χ0v) is 13.3. The first-order chi connectivity index (χ1) is 9.16. The van der Waals surface area contributed by atoms with E-state index in [-0.39, 0.29) is 0 Å². The summed E-state index contributed by atoms with van der Waals surface area (Å²) in [5.41, 5.74) is 0. The molecule has 0 amide bonds. The van der Waals surface area contributed by atoms with Gasteiger partial charge in [0.25, 0.3) is 0 Å². The second-order valence-corrected chi connectivity index (χ2v) is 7.30. The molecule has 19 heavy (non-hydrogen) atoms. The van der Waals surface area contributed by atoms with Crippen LogP contribution >= 0.6 is 0 Å². The second kappa shape index (κ2) is 7.64. The van der Waals surface area contributed by atoms with Crippen molar-refractivity contribution in [2.75, 3.05) is 19.6 Å². The van der Waals surface area contributed by atoms with Crippen LogP contribution in [0.15, 0.2) is 0 Å². The highest BCUT2D eigenvalue weighted by molar-refractivity contribution is 4.85. The van der Waals surface area contributed by atoms with E-state index in [4.69, 9.17) is 0 Å². The summed E-state index contributed by atoms with van der Waals surface area (Å²) in [5.74, 6) is 1.69. The molecule has 1 aliphatic carbocycles. The number of piperidine rings is 1. The topological polar surface area (TPSA) is 15.3 Å². The predicted octanol–water partition coefficient (Wildman–Crippen LogP) is 3.67. The highest BCUT2D eigenvalue weighted by atomic mass is 15.2. The molecule has 0 spiro atoms. The molecule has 1 saturated carbocycles. The molecule has 0 bridgehead atoms. The molecule has 112 valence electrons. The van der Waals surface area contributed by atoms with Gasteiger partial charge < -0.3 is 5.32 Å². The smallest absolute Gasteiger partial charge is 0.0220 e. The minimum atomic E-state index is 0.738. The first-order valence-electron chi connectivity index (χ1n) is 8.64. The second-order valence-electron chi connectivity index (χ2n) is 7.30. The quantitative estimate of drug-likeness (QED) is 0.789. The van der Waals surface area contributed by atoms with Crippen molar-refractivity contribution in [1.82, 2.24) is 10.2 Å². The maximum Gasteiger partial charge on any atom is 0.0220 e. The van der Waals surface area contributed by atoms with E-state index >= 15 is 0 Å². The summed E-state index contributed by atoms with van der Waals surface area (Å²) in [4.78, 5) is 2.83. The largest absolute Gasteiger partial charge is 0.312 e. The van der Waals surface area contributed by atoms with E-state index in [9.17, 15) is 0 Å². The lowest BCUT2D eigenvalue weighted by molar-refractivity contribution is 0.140. The van der Waals surface area contributed by atoms with Gasteiger partial charge >= 0.3 is 0 Å². The lowest BCUT2D eigenvalue weighted by Crippen LogP contribution is -2.50. The Kier molecular flexibility index (Phi) is 6.15. The van der Waals surface area contributed by atoms with Gasteiger partial charge in [0.2, 0.25) is 0 Å². The standard InChI is InChI=1S/C17H34N2/c1-14(2)10-12-19(16-8-4-5-9-16)13-17-15(3)7-6-11-18-17/h14-18H,4-13H2,1-3H3. The van der Waals surface area contributed by atoms with Gasteiger partial charge in [0.15, 0.2) is 0 Å². The molecule has 1 saturated heterocycles. The van der Waals surface area contributed by atoms with Crippen molar-refractivity contribution in [3.8, 4) is 0 Å². The van der Waals surface area contributed by atoms with Crippen molar-refractivity contribution in [2.45, 2.75) is 77.8 Å². The van der Waals surface area contributed by atoms with Crippen LogP contribution in [0.2, 0.25) is 0 Å². The molecule has 0 aromatic rings. The Balaban J connectivity index is 1.87. The third-order valence-corrected chi connectivity index (χ3v) is 5.20. The van der Waals surface area contributed by atoms with Crippen molar-refractivity contribution in [3.63, 3.8) is 0 Å². The van der Waals surface area contributed by atoms with Crippen LogP contribution in [0.4, 0.5) is 0 Å². The van der Waals surface area contributed by atoms with Gasteiger partial charge in [-0.05, 0) is 57.0 Å². The van der Waals surface area contributed by atoms with Crippen LogP contribution in [0.3, 0.4) is 0 Å². The average molecular weight is 266 g/mol. The molecule has 1 N–H and O–H groups in total. The van der Waals surface area contributed by atoms with Crippen LogP contribution < -0.4 is 5.32 Å². The molecule has 0 radical (unpaired) electrons. The highest BCUT2D eigenvalue weighted by Gasteiger charge is 2.28. The lowest BCUT2D eigenvalue weighted by Gasteiger charge is -2.37. The fourth-order valence-corrected chi connectivity index (χ4v) is 3.73. The number of rotatable bonds is 6. The lowest BCUT2D eigenvalue weighted by atomic mass is 9.92. The van der Waals surface area contributed by atoms with Crippen LogP contribution in [0, 0.1) is 11.8 Å². The molecule has 2 heteroatoms. The predicted molar refractivity (Wildman–Crippen MR) is 83.5 cm³/mol. The Morgan fingerprint density at radius 2 is 1.84 bits per heavy atom. The third-order valence-electron chi connectivity index (χ3n) is 5.20. The van der Waals surface area contributed by atoms with Crippen molar-refractivity contribution in [1.29, 1.82) is 0 Å². The van der Waals surface area contributed by atoms with E-state index in [0.717, 1.165) is 23.9 Å². The summed E-state index contributed by atoms with van der Waals surface area (Å²) in [6, 6.07) is 1.62. The molecule has 2 nitrogen and oxygen atoms in total. The van der Waals surface area contributed by atoms with Crippen LogP contribution in [-0.4, -0.2) is 36.6 Å². The van der Waals surface area contributed by atoms with Gasteiger partial charge in [-0.15, -0.1) is 0 Å².